The number of hydrogen-bond donors (Lipinski definition) is 1. The molecule has 0 unspecified atom stereocenters. The van der Waals surface area contributed by atoms with E-state index in [0.717, 1.165) is 53.2 Å². The lowest BCUT2D eigenvalue weighted by Crippen LogP contribution is -2.34. The van der Waals surface area contributed by atoms with E-state index in [-0.39, 0.29) is 18.5 Å². The van der Waals surface area contributed by atoms with E-state index in [9.17, 15) is 4.79 Å². The predicted molar refractivity (Wildman–Crippen MR) is 102 cm³/mol. The van der Waals surface area contributed by atoms with Crippen LogP contribution in [0.5, 0.6) is 0 Å². The zero-order valence-electron chi connectivity index (χ0n) is 15.9. The first-order valence-electron chi connectivity index (χ1n) is 9.30. The van der Waals surface area contributed by atoms with Crippen molar-refractivity contribution in [2.75, 3.05) is 6.54 Å². The minimum atomic E-state index is 0.0150. The van der Waals surface area contributed by atoms with Crippen molar-refractivity contribution >= 4 is 5.91 Å². The maximum atomic E-state index is 13.1. The Hall–Kier alpha value is -2.96. The van der Waals surface area contributed by atoms with Gasteiger partial charge in [0.25, 0.3) is 0 Å². The lowest BCUT2D eigenvalue weighted by Gasteiger charge is -2.25. The molecule has 1 fully saturated rings. The molecule has 0 spiro atoms. The molecule has 3 aromatic heterocycles. The maximum absolute atomic E-state index is 13.1. The molecule has 0 bridgehead atoms. The van der Waals surface area contributed by atoms with Crippen LogP contribution in [0, 0.1) is 20.8 Å². The topological polar surface area (TPSA) is 79.7 Å². The highest BCUT2D eigenvalue weighted by Crippen LogP contribution is 2.36. The molecule has 0 radical (unpaired) electrons. The summed E-state index contributed by atoms with van der Waals surface area (Å²) in [5, 5.41) is 11.9. The molecule has 7 nitrogen and oxygen atoms in total. The maximum Gasteiger partial charge on any atom is 0.244 e. The molecule has 7 heteroatoms. The van der Waals surface area contributed by atoms with E-state index in [1.165, 1.54) is 0 Å². The van der Waals surface area contributed by atoms with Crippen molar-refractivity contribution in [3.63, 3.8) is 0 Å². The van der Waals surface area contributed by atoms with Crippen LogP contribution in [0.1, 0.15) is 41.5 Å². The molecule has 0 aromatic carbocycles. The third-order valence-corrected chi connectivity index (χ3v) is 5.59. The van der Waals surface area contributed by atoms with Crippen LogP contribution in [0.4, 0.5) is 0 Å². The van der Waals surface area contributed by atoms with Crippen LogP contribution in [0.25, 0.3) is 11.1 Å². The van der Waals surface area contributed by atoms with E-state index in [1.807, 2.05) is 48.7 Å². The fourth-order valence-corrected chi connectivity index (χ4v) is 3.84. The third-order valence-electron chi connectivity index (χ3n) is 5.59. The summed E-state index contributed by atoms with van der Waals surface area (Å²) in [5.74, 6) is 0.0957. The number of carbonyl (C=O) groups excluding carboxylic acids is 1. The molecule has 4 rings (SSSR count). The normalized spacial score (nSPS) is 16.9. The number of aromatic nitrogens is 5. The smallest absolute Gasteiger partial charge is 0.244 e. The number of nitrogens with zero attached hydrogens (tertiary/aromatic N) is 5. The average Bonchev–Trinajstić information content (AvgIpc) is 3.39. The highest BCUT2D eigenvalue weighted by molar-refractivity contribution is 5.77. The number of amides is 1. The van der Waals surface area contributed by atoms with Gasteiger partial charge in [0.1, 0.15) is 6.54 Å². The molecule has 140 valence electrons. The third kappa shape index (κ3) is 3.13. The van der Waals surface area contributed by atoms with Crippen molar-refractivity contribution in [3.8, 4) is 11.1 Å². The summed E-state index contributed by atoms with van der Waals surface area (Å²) < 4.78 is 1.82. The Balaban J connectivity index is 1.59. The fourth-order valence-electron chi connectivity index (χ4n) is 3.84. The predicted octanol–water partition coefficient (Wildman–Crippen LogP) is 2.96. The highest BCUT2D eigenvalue weighted by atomic mass is 16.2. The van der Waals surface area contributed by atoms with E-state index in [1.54, 1.807) is 12.4 Å². The van der Waals surface area contributed by atoms with Crippen molar-refractivity contribution in [1.29, 1.82) is 0 Å². The van der Waals surface area contributed by atoms with Crippen molar-refractivity contribution < 1.29 is 4.79 Å². The molecule has 0 aliphatic carbocycles. The summed E-state index contributed by atoms with van der Waals surface area (Å²) in [7, 11) is 0. The number of aryl methyl sites for hydroxylation is 1. The van der Waals surface area contributed by atoms with Gasteiger partial charge >= 0.3 is 0 Å². The number of carbonyl (C=O) groups is 1. The Morgan fingerprint density at radius 1 is 1.26 bits per heavy atom. The quantitative estimate of drug-likeness (QED) is 0.772. The minimum absolute atomic E-state index is 0.0150. The molecule has 1 amide bonds. The second kappa shape index (κ2) is 6.98. The molecule has 4 heterocycles. The Kier molecular flexibility index (Phi) is 4.51. The van der Waals surface area contributed by atoms with Crippen molar-refractivity contribution in [2.24, 2.45) is 0 Å². The standard InChI is InChI=1S/C20H24N6O/c1-13-14(2)24-26(15(13)3)12-19(27)25-10-4-5-18(25)20-17(11-22-23-20)16-6-8-21-9-7-16/h6-9,11,18H,4-5,10,12H2,1-3H3,(H,22,23)/t18-/m1/s1. The summed E-state index contributed by atoms with van der Waals surface area (Å²) in [5.41, 5.74) is 6.26. The summed E-state index contributed by atoms with van der Waals surface area (Å²) in [6.45, 7) is 7.07. The van der Waals surface area contributed by atoms with Crippen molar-refractivity contribution in [1.82, 2.24) is 29.9 Å². The molecular formula is C20H24N6O. The van der Waals surface area contributed by atoms with E-state index in [2.05, 4.69) is 20.3 Å². The van der Waals surface area contributed by atoms with E-state index < -0.39 is 0 Å². The van der Waals surface area contributed by atoms with Gasteiger partial charge < -0.3 is 4.90 Å². The summed E-state index contributed by atoms with van der Waals surface area (Å²) in [6, 6.07) is 3.95. The van der Waals surface area contributed by atoms with Gasteiger partial charge in [0.15, 0.2) is 0 Å². The molecule has 1 saturated heterocycles. The average molecular weight is 364 g/mol. The highest BCUT2D eigenvalue weighted by Gasteiger charge is 2.33. The fraction of sp³-hybridized carbons (Fsp3) is 0.400. The van der Waals surface area contributed by atoms with Crippen LogP contribution in [-0.4, -0.2) is 42.3 Å². The van der Waals surface area contributed by atoms with E-state index in [0.29, 0.717) is 0 Å². The van der Waals surface area contributed by atoms with Gasteiger partial charge in [-0.05, 0) is 56.9 Å². The number of nitrogens with one attached hydrogen (secondary N) is 1. The largest absolute Gasteiger partial charge is 0.332 e. The van der Waals surface area contributed by atoms with Gasteiger partial charge in [0.2, 0.25) is 5.91 Å². The Labute approximate surface area is 158 Å². The molecule has 3 aromatic rings. The Morgan fingerprint density at radius 2 is 2.04 bits per heavy atom. The van der Waals surface area contributed by atoms with Crippen LogP contribution in [0.15, 0.2) is 30.7 Å². The second-order valence-corrected chi connectivity index (χ2v) is 7.13. The monoisotopic (exact) mass is 364 g/mol. The molecule has 0 saturated carbocycles. The molecule has 1 aliphatic rings. The van der Waals surface area contributed by atoms with E-state index in [4.69, 9.17) is 0 Å². The zero-order chi connectivity index (χ0) is 19.0. The first kappa shape index (κ1) is 17.5. The molecular weight excluding hydrogens is 340 g/mol. The van der Waals surface area contributed by atoms with Gasteiger partial charge in [-0.15, -0.1) is 0 Å². The van der Waals surface area contributed by atoms with E-state index >= 15 is 0 Å². The van der Waals surface area contributed by atoms with Gasteiger partial charge in [0, 0.05) is 30.2 Å². The zero-order valence-corrected chi connectivity index (χ0v) is 15.9. The summed E-state index contributed by atoms with van der Waals surface area (Å²) in [4.78, 5) is 19.1. The van der Waals surface area contributed by atoms with Crippen LogP contribution in [0.2, 0.25) is 0 Å². The van der Waals surface area contributed by atoms with Gasteiger partial charge in [-0.25, -0.2) is 0 Å². The van der Waals surface area contributed by atoms with Gasteiger partial charge in [-0.1, -0.05) is 0 Å². The summed E-state index contributed by atoms with van der Waals surface area (Å²) >= 11 is 0. The molecule has 1 atom stereocenters. The van der Waals surface area contributed by atoms with Crippen LogP contribution in [0.3, 0.4) is 0 Å². The van der Waals surface area contributed by atoms with Crippen molar-refractivity contribution in [2.45, 2.75) is 46.2 Å². The number of pyridine rings is 1. The van der Waals surface area contributed by atoms with Gasteiger partial charge in [-0.2, -0.15) is 10.2 Å². The van der Waals surface area contributed by atoms with Gasteiger partial charge in [-0.3, -0.25) is 19.6 Å². The minimum Gasteiger partial charge on any atom is -0.332 e. The lowest BCUT2D eigenvalue weighted by atomic mass is 10.0. The second-order valence-electron chi connectivity index (χ2n) is 7.13. The Morgan fingerprint density at radius 3 is 2.74 bits per heavy atom. The molecule has 1 N–H and O–H groups in total. The SMILES string of the molecule is Cc1nn(CC(=O)N2CCC[C@@H]2c2[nH]ncc2-c2ccncc2)c(C)c1C. The van der Waals surface area contributed by atoms with Crippen LogP contribution in [-0.2, 0) is 11.3 Å². The number of H-pyrrole nitrogens is 1. The van der Waals surface area contributed by atoms with Crippen LogP contribution >= 0.6 is 0 Å². The molecule has 1 aliphatic heterocycles. The van der Waals surface area contributed by atoms with Crippen molar-refractivity contribution in [3.05, 3.63) is 53.4 Å². The van der Waals surface area contributed by atoms with Gasteiger partial charge in [0.05, 0.1) is 23.6 Å². The number of likely N-dealkylation sites (tertiary alicyclic amines) is 1. The first-order chi connectivity index (χ1) is 13.1. The number of aromatic amines is 1. The number of rotatable bonds is 4. The number of hydrogen-bond acceptors (Lipinski definition) is 4. The lowest BCUT2D eigenvalue weighted by molar-refractivity contribution is -0.133. The summed E-state index contributed by atoms with van der Waals surface area (Å²) in [6.07, 6.45) is 7.29. The van der Waals surface area contributed by atoms with Crippen LogP contribution < -0.4 is 0 Å². The Bertz CT molecular complexity index is 958. The molecule has 27 heavy (non-hydrogen) atoms. The first-order valence-corrected chi connectivity index (χ1v) is 9.30.